The van der Waals surface area contributed by atoms with Crippen LogP contribution in [0.5, 0.6) is 5.75 Å². The number of ether oxygens (including phenoxy) is 1. The van der Waals surface area contributed by atoms with Crippen molar-refractivity contribution in [3.05, 3.63) is 29.8 Å². The SMILES string of the molecule is N=C(N=C(N)N1CCC(F)(F)CC1)NCc1ccc(OC(F)(F)F)cc1. The van der Waals surface area contributed by atoms with Gasteiger partial charge in [-0.05, 0) is 17.7 Å². The molecule has 1 heterocycles. The summed E-state index contributed by atoms with van der Waals surface area (Å²) in [5.41, 5.74) is 6.31. The topological polar surface area (TPSA) is 86.7 Å². The molecular weight excluding hydrogens is 361 g/mol. The minimum Gasteiger partial charge on any atom is -0.406 e. The van der Waals surface area contributed by atoms with E-state index in [-0.39, 0.29) is 50.1 Å². The number of nitrogens with zero attached hydrogens (tertiary/aromatic N) is 2. The van der Waals surface area contributed by atoms with E-state index in [1.807, 2.05) is 0 Å². The number of likely N-dealkylation sites (tertiary alicyclic amines) is 1. The highest BCUT2D eigenvalue weighted by molar-refractivity contribution is 5.92. The lowest BCUT2D eigenvalue weighted by atomic mass is 10.1. The first-order chi connectivity index (χ1) is 12.0. The van der Waals surface area contributed by atoms with Crippen LogP contribution in [0.4, 0.5) is 22.0 Å². The van der Waals surface area contributed by atoms with Crippen LogP contribution in [0.3, 0.4) is 0 Å². The summed E-state index contributed by atoms with van der Waals surface area (Å²) in [6.07, 6.45) is -5.40. The van der Waals surface area contributed by atoms with Crippen molar-refractivity contribution in [2.75, 3.05) is 13.1 Å². The largest absolute Gasteiger partial charge is 0.573 e. The number of piperidine rings is 1. The van der Waals surface area contributed by atoms with E-state index in [0.717, 1.165) is 12.1 Å². The zero-order chi connectivity index (χ0) is 19.4. The van der Waals surface area contributed by atoms with E-state index < -0.39 is 12.3 Å². The fourth-order valence-corrected chi connectivity index (χ4v) is 2.28. The van der Waals surface area contributed by atoms with E-state index in [1.54, 1.807) is 0 Å². The van der Waals surface area contributed by atoms with Gasteiger partial charge in [0.05, 0.1) is 0 Å². The van der Waals surface area contributed by atoms with Gasteiger partial charge >= 0.3 is 6.36 Å². The normalized spacial score (nSPS) is 17.7. The Balaban J connectivity index is 1.82. The smallest absolute Gasteiger partial charge is 0.406 e. The highest BCUT2D eigenvalue weighted by atomic mass is 19.4. The van der Waals surface area contributed by atoms with Crippen molar-refractivity contribution in [3.8, 4) is 5.75 Å². The number of alkyl halides is 5. The first-order valence-electron chi connectivity index (χ1n) is 7.68. The molecule has 0 spiro atoms. The van der Waals surface area contributed by atoms with Crippen molar-refractivity contribution in [2.24, 2.45) is 10.7 Å². The number of hydrogen-bond donors (Lipinski definition) is 3. The standard InChI is InChI=1S/C15H18F5N5O/c16-14(17)5-7-25(8-6-14)13(22)24-12(21)23-9-10-1-3-11(4-2-10)26-15(18,19)20/h1-4H,5-9H2,(H4,21,22,23,24). The molecule has 0 aliphatic carbocycles. The average molecular weight is 379 g/mol. The second-order valence-electron chi connectivity index (χ2n) is 5.71. The molecule has 26 heavy (non-hydrogen) atoms. The summed E-state index contributed by atoms with van der Waals surface area (Å²) in [6.45, 7) is 0.229. The van der Waals surface area contributed by atoms with E-state index in [4.69, 9.17) is 11.1 Å². The zero-order valence-electron chi connectivity index (χ0n) is 13.6. The minimum atomic E-state index is -4.76. The summed E-state index contributed by atoms with van der Waals surface area (Å²) in [4.78, 5) is 5.27. The fraction of sp³-hybridized carbons (Fsp3) is 0.467. The zero-order valence-corrected chi connectivity index (χ0v) is 13.6. The Hall–Kier alpha value is -2.59. The van der Waals surface area contributed by atoms with Crippen LogP contribution in [0.15, 0.2) is 29.3 Å². The molecule has 1 aromatic rings. The van der Waals surface area contributed by atoms with Gasteiger partial charge < -0.3 is 20.7 Å². The van der Waals surface area contributed by atoms with Gasteiger partial charge in [0.15, 0.2) is 5.96 Å². The third-order valence-electron chi connectivity index (χ3n) is 3.66. The van der Waals surface area contributed by atoms with E-state index >= 15 is 0 Å². The van der Waals surface area contributed by atoms with Crippen molar-refractivity contribution in [1.82, 2.24) is 10.2 Å². The van der Waals surface area contributed by atoms with Gasteiger partial charge in [0.1, 0.15) is 5.75 Å². The summed E-state index contributed by atoms with van der Waals surface area (Å²) < 4.78 is 66.2. The number of halogens is 5. The Labute approximate surface area is 146 Å². The van der Waals surface area contributed by atoms with Crippen molar-refractivity contribution in [2.45, 2.75) is 31.7 Å². The molecule has 4 N–H and O–H groups in total. The third-order valence-corrected chi connectivity index (χ3v) is 3.66. The lowest BCUT2D eigenvalue weighted by Gasteiger charge is -2.32. The van der Waals surface area contributed by atoms with Gasteiger partial charge in [0.25, 0.3) is 5.92 Å². The molecule has 1 fully saturated rings. The summed E-state index contributed by atoms with van der Waals surface area (Å²) in [6, 6.07) is 5.11. The molecule has 6 nitrogen and oxygen atoms in total. The summed E-state index contributed by atoms with van der Waals surface area (Å²) in [7, 11) is 0. The van der Waals surface area contributed by atoms with Gasteiger partial charge in [-0.15, -0.1) is 13.2 Å². The van der Waals surface area contributed by atoms with E-state index in [1.165, 1.54) is 17.0 Å². The van der Waals surface area contributed by atoms with Crippen molar-refractivity contribution in [1.29, 1.82) is 5.41 Å². The first kappa shape index (κ1) is 19.7. The number of guanidine groups is 2. The first-order valence-corrected chi connectivity index (χ1v) is 7.68. The predicted molar refractivity (Wildman–Crippen MR) is 85.1 cm³/mol. The fourth-order valence-electron chi connectivity index (χ4n) is 2.28. The number of rotatable bonds is 3. The van der Waals surface area contributed by atoms with Crippen LogP contribution in [0.2, 0.25) is 0 Å². The van der Waals surface area contributed by atoms with Crippen LogP contribution in [-0.4, -0.2) is 42.2 Å². The summed E-state index contributed by atoms with van der Waals surface area (Å²) in [5, 5.41) is 10.3. The second kappa shape index (κ2) is 7.75. The Bertz CT molecular complexity index is 649. The third kappa shape index (κ3) is 6.37. The van der Waals surface area contributed by atoms with Crippen LogP contribution >= 0.6 is 0 Å². The van der Waals surface area contributed by atoms with Gasteiger partial charge in [-0.2, -0.15) is 4.99 Å². The minimum absolute atomic E-state index is 0.0353. The molecule has 144 valence electrons. The average Bonchev–Trinajstić information content (AvgIpc) is 2.52. The molecule has 1 aliphatic rings. The van der Waals surface area contributed by atoms with Crippen molar-refractivity contribution < 1.29 is 26.7 Å². The summed E-state index contributed by atoms with van der Waals surface area (Å²) in [5.74, 6) is -3.37. The number of aliphatic imine (C=N–C) groups is 1. The molecule has 0 bridgehead atoms. The quantitative estimate of drug-likeness (QED) is 0.428. The maximum absolute atomic E-state index is 13.1. The number of hydrogen-bond acceptors (Lipinski definition) is 2. The molecule has 0 saturated carbocycles. The highest BCUT2D eigenvalue weighted by Gasteiger charge is 2.34. The molecule has 1 aliphatic heterocycles. The highest BCUT2D eigenvalue weighted by Crippen LogP contribution is 2.27. The van der Waals surface area contributed by atoms with Gasteiger partial charge in [-0.3, -0.25) is 5.41 Å². The molecule has 0 radical (unpaired) electrons. The van der Waals surface area contributed by atoms with Gasteiger partial charge in [-0.25, -0.2) is 8.78 Å². The van der Waals surface area contributed by atoms with Gasteiger partial charge in [0.2, 0.25) is 5.96 Å². The predicted octanol–water partition coefficient (Wildman–Crippen LogP) is 2.66. The maximum Gasteiger partial charge on any atom is 0.573 e. The van der Waals surface area contributed by atoms with Crippen LogP contribution in [0, 0.1) is 5.41 Å². The number of nitrogens with two attached hydrogens (primary N) is 1. The Morgan fingerprint density at radius 2 is 1.81 bits per heavy atom. The van der Waals surface area contributed by atoms with E-state index in [9.17, 15) is 22.0 Å². The molecule has 0 amide bonds. The second-order valence-corrected chi connectivity index (χ2v) is 5.71. The Morgan fingerprint density at radius 1 is 1.23 bits per heavy atom. The molecular formula is C15H18F5N5O. The van der Waals surface area contributed by atoms with Crippen LogP contribution in [-0.2, 0) is 6.54 Å². The number of benzene rings is 1. The lowest BCUT2D eigenvalue weighted by Crippen LogP contribution is -2.46. The molecule has 0 aromatic heterocycles. The Morgan fingerprint density at radius 3 is 2.35 bits per heavy atom. The van der Waals surface area contributed by atoms with Crippen molar-refractivity contribution >= 4 is 11.9 Å². The molecule has 1 aromatic carbocycles. The molecule has 11 heteroatoms. The molecule has 1 saturated heterocycles. The van der Waals surface area contributed by atoms with Crippen molar-refractivity contribution in [3.63, 3.8) is 0 Å². The van der Waals surface area contributed by atoms with E-state index in [0.29, 0.717) is 5.56 Å². The van der Waals surface area contributed by atoms with Gasteiger partial charge in [-0.1, -0.05) is 12.1 Å². The molecule has 0 atom stereocenters. The Kier molecular flexibility index (Phi) is 5.88. The maximum atomic E-state index is 13.1. The molecule has 2 rings (SSSR count). The van der Waals surface area contributed by atoms with E-state index in [2.05, 4.69) is 15.0 Å². The lowest BCUT2D eigenvalue weighted by molar-refractivity contribution is -0.274. The van der Waals surface area contributed by atoms with Crippen LogP contribution in [0.25, 0.3) is 0 Å². The van der Waals surface area contributed by atoms with Crippen LogP contribution < -0.4 is 15.8 Å². The number of nitrogens with one attached hydrogen (secondary N) is 2. The van der Waals surface area contributed by atoms with Gasteiger partial charge in [0, 0.05) is 32.5 Å². The summed E-state index contributed by atoms with van der Waals surface area (Å²) >= 11 is 0. The molecule has 0 unspecified atom stereocenters. The van der Waals surface area contributed by atoms with Crippen LogP contribution in [0.1, 0.15) is 18.4 Å². The monoisotopic (exact) mass is 379 g/mol.